The summed E-state index contributed by atoms with van der Waals surface area (Å²) in [6.45, 7) is 3.16. The highest BCUT2D eigenvalue weighted by Gasteiger charge is 2.34. The first-order valence-electron chi connectivity index (χ1n) is 7.20. The maximum atomic E-state index is 12.2. The summed E-state index contributed by atoms with van der Waals surface area (Å²) >= 11 is 0. The second-order valence-corrected chi connectivity index (χ2v) is 6.05. The molecule has 0 radical (unpaired) electrons. The van der Waals surface area contributed by atoms with Crippen molar-refractivity contribution < 1.29 is 37.1 Å². The number of nitrogens with one attached hydrogen (secondary N) is 1. The molecule has 140 valence electrons. The molecular weight excluding hydrogens is 358 g/mol. The van der Waals surface area contributed by atoms with E-state index in [-0.39, 0.29) is 17.8 Å². The van der Waals surface area contributed by atoms with Crippen molar-refractivity contribution >= 4 is 33.7 Å². The lowest BCUT2D eigenvalue weighted by molar-refractivity contribution is -0.848. The van der Waals surface area contributed by atoms with E-state index in [1.54, 1.807) is 6.92 Å². The predicted octanol–water partition coefficient (Wildman–Crippen LogP) is -2.08. The molecule has 1 aliphatic heterocycles. The number of Topliss-reactive ketones (excluding diaryl/α,β-unsaturated/α-hetero) is 1. The molecule has 2 rings (SSSR count). The van der Waals surface area contributed by atoms with Gasteiger partial charge in [-0.25, -0.2) is 4.28 Å². The van der Waals surface area contributed by atoms with Crippen LogP contribution >= 0.6 is 0 Å². The quantitative estimate of drug-likeness (QED) is 0.215. The zero-order chi connectivity index (χ0) is 17.9. The third-order valence-corrected chi connectivity index (χ3v) is 3.61. The molecule has 0 saturated carbocycles. The summed E-state index contributed by atoms with van der Waals surface area (Å²) < 4.78 is 35.4. The third kappa shape index (κ3) is 4.98. The Labute approximate surface area is 143 Å². The van der Waals surface area contributed by atoms with Gasteiger partial charge in [0.15, 0.2) is 0 Å². The van der Waals surface area contributed by atoms with Crippen LogP contribution in [0.15, 0.2) is 6.07 Å². The van der Waals surface area contributed by atoms with E-state index in [1.165, 1.54) is 6.07 Å². The van der Waals surface area contributed by atoms with Crippen molar-refractivity contribution in [1.29, 1.82) is 0 Å². The molecule has 0 aromatic carbocycles. The van der Waals surface area contributed by atoms with Crippen LogP contribution in [-0.2, 0) is 15.2 Å². The van der Waals surface area contributed by atoms with Crippen molar-refractivity contribution in [1.82, 2.24) is 10.3 Å². The molecule has 2 heterocycles. The van der Waals surface area contributed by atoms with Crippen molar-refractivity contribution in [3.63, 3.8) is 0 Å². The van der Waals surface area contributed by atoms with Crippen molar-refractivity contribution in [2.24, 2.45) is 0 Å². The van der Waals surface area contributed by atoms with Gasteiger partial charge in [-0.3, -0.25) is 14.1 Å². The second kappa shape index (κ2) is 8.04. The number of rotatable bonds is 6. The molecule has 1 aliphatic rings. The fourth-order valence-corrected chi connectivity index (χ4v) is 2.61. The van der Waals surface area contributed by atoms with Gasteiger partial charge in [-0.1, -0.05) is 4.98 Å². The van der Waals surface area contributed by atoms with E-state index in [4.69, 9.17) is 10.3 Å². The van der Waals surface area contributed by atoms with Crippen LogP contribution in [0.25, 0.3) is 0 Å². The number of nitrogens with two attached hydrogens (primary N) is 1. The summed E-state index contributed by atoms with van der Waals surface area (Å²) in [6.07, 6.45) is 1.86. The Morgan fingerprint density at radius 2 is 2.04 bits per heavy atom. The molecule has 0 bridgehead atoms. The van der Waals surface area contributed by atoms with Gasteiger partial charge in [0.05, 0.1) is 6.07 Å². The van der Waals surface area contributed by atoms with Gasteiger partial charge < -0.3 is 21.4 Å². The highest BCUT2D eigenvalue weighted by Crippen LogP contribution is 2.19. The molecule has 0 atom stereocenters. The molecule has 25 heavy (non-hydrogen) atoms. The lowest BCUT2D eigenvalue weighted by Gasteiger charge is -2.15. The SMILES string of the molecule is CCNC(=O)C(=O)c1nc(N2CCCC2)cc(N)[n+]1OS(=O)(=O)O.[OH-]. The van der Waals surface area contributed by atoms with Gasteiger partial charge in [0.1, 0.15) is 0 Å². The minimum absolute atomic E-state index is 0. The first-order valence-corrected chi connectivity index (χ1v) is 8.57. The Morgan fingerprint density at radius 3 is 2.56 bits per heavy atom. The minimum atomic E-state index is -4.98. The normalized spacial score (nSPS) is 13.9. The van der Waals surface area contributed by atoms with Gasteiger partial charge in [0, 0.05) is 19.6 Å². The fraction of sp³-hybridized carbons (Fsp3) is 0.500. The van der Waals surface area contributed by atoms with E-state index in [9.17, 15) is 18.0 Å². The number of ketones is 1. The van der Waals surface area contributed by atoms with E-state index in [2.05, 4.69) is 14.6 Å². The first kappa shape index (κ1) is 20.5. The molecule has 12 nitrogen and oxygen atoms in total. The van der Waals surface area contributed by atoms with Gasteiger partial charge in [-0.15, -0.1) is 0 Å². The molecular formula is C12H19N5O7S. The van der Waals surface area contributed by atoms with Crippen LogP contribution in [0.5, 0.6) is 0 Å². The number of nitrogens with zero attached hydrogens (tertiary/aromatic N) is 3. The summed E-state index contributed by atoms with van der Waals surface area (Å²) in [5, 5.41) is 2.28. The Morgan fingerprint density at radius 1 is 1.44 bits per heavy atom. The molecule has 0 unspecified atom stereocenters. The summed E-state index contributed by atoms with van der Waals surface area (Å²) in [5.74, 6) is -2.80. The van der Waals surface area contributed by atoms with Crippen LogP contribution in [0, 0.1) is 0 Å². The molecule has 13 heteroatoms. The van der Waals surface area contributed by atoms with Crippen molar-refractivity contribution in [3.05, 3.63) is 11.9 Å². The number of hydrogen-bond donors (Lipinski definition) is 3. The van der Waals surface area contributed by atoms with Crippen LogP contribution in [0.2, 0.25) is 0 Å². The Balaban J connectivity index is 0.00000312. The van der Waals surface area contributed by atoms with E-state index in [0.717, 1.165) is 12.8 Å². The monoisotopic (exact) mass is 377 g/mol. The average molecular weight is 377 g/mol. The lowest BCUT2D eigenvalue weighted by atomic mass is 10.3. The van der Waals surface area contributed by atoms with Crippen LogP contribution in [0.4, 0.5) is 11.6 Å². The number of likely N-dealkylation sites (N-methyl/N-ethyl adjacent to an activating group) is 1. The van der Waals surface area contributed by atoms with Crippen LogP contribution in [0.3, 0.4) is 0 Å². The molecule has 1 fully saturated rings. The van der Waals surface area contributed by atoms with E-state index in [0.29, 0.717) is 23.6 Å². The summed E-state index contributed by atoms with van der Waals surface area (Å²) in [5.41, 5.74) is 5.72. The molecule has 5 N–H and O–H groups in total. The molecule has 1 aromatic heterocycles. The highest BCUT2D eigenvalue weighted by atomic mass is 32.3. The zero-order valence-electron chi connectivity index (χ0n) is 13.4. The Bertz CT molecular complexity index is 761. The van der Waals surface area contributed by atoms with E-state index in [1.807, 2.05) is 4.90 Å². The standard InChI is InChI=1S/C12H17N5O6S.H2O/c1-2-14-12(19)10(18)11-15-9(16-5-3-4-6-16)7-8(13)17(11)23-24(20,21)22;/h7,13H,2-6H2,1H3,(H2,14,19,20,21,22);1H2. The molecule has 1 amide bonds. The summed E-state index contributed by atoms with van der Waals surface area (Å²) in [4.78, 5) is 29.8. The van der Waals surface area contributed by atoms with E-state index < -0.39 is 27.9 Å². The molecule has 0 spiro atoms. The fourth-order valence-electron chi connectivity index (χ4n) is 2.27. The maximum Gasteiger partial charge on any atom is 0.476 e. The lowest BCUT2D eigenvalue weighted by Crippen LogP contribution is -2.54. The number of amides is 1. The predicted molar refractivity (Wildman–Crippen MR) is 83.4 cm³/mol. The number of carbonyl (C=O) groups excluding carboxylic acids is 2. The van der Waals surface area contributed by atoms with Gasteiger partial charge >= 0.3 is 22.0 Å². The number of nitrogen functional groups attached to an aromatic ring is 1. The number of hydrogen-bond acceptors (Lipinski definition) is 9. The maximum absolute atomic E-state index is 12.2. The van der Waals surface area contributed by atoms with Crippen LogP contribution in [0.1, 0.15) is 30.4 Å². The van der Waals surface area contributed by atoms with E-state index >= 15 is 0 Å². The van der Waals surface area contributed by atoms with Crippen LogP contribution < -0.4 is 25.0 Å². The van der Waals surface area contributed by atoms with Gasteiger partial charge in [-0.05, 0) is 24.5 Å². The second-order valence-electron chi connectivity index (χ2n) is 5.04. The number of carbonyl (C=O) groups is 2. The summed E-state index contributed by atoms with van der Waals surface area (Å²) in [6, 6.07) is 1.30. The minimum Gasteiger partial charge on any atom is -0.870 e. The van der Waals surface area contributed by atoms with Crippen molar-refractivity contribution in [2.45, 2.75) is 19.8 Å². The Hall–Kier alpha value is -2.51. The zero-order valence-corrected chi connectivity index (χ0v) is 14.2. The molecule has 0 aliphatic carbocycles. The average Bonchev–Trinajstić information content (AvgIpc) is 3.01. The number of anilines is 2. The van der Waals surface area contributed by atoms with Gasteiger partial charge in [0.2, 0.25) is 5.82 Å². The molecule has 1 saturated heterocycles. The summed E-state index contributed by atoms with van der Waals surface area (Å²) in [7, 11) is -4.98. The van der Waals surface area contributed by atoms with Crippen molar-refractivity contribution in [3.8, 4) is 0 Å². The van der Waals surface area contributed by atoms with Gasteiger partial charge in [0.25, 0.3) is 11.7 Å². The smallest absolute Gasteiger partial charge is 0.476 e. The largest absolute Gasteiger partial charge is 0.870 e. The van der Waals surface area contributed by atoms with Crippen LogP contribution in [-0.4, -0.2) is 54.8 Å². The first-order chi connectivity index (χ1) is 11.2. The Kier molecular flexibility index (Phi) is 6.61. The van der Waals surface area contributed by atoms with Crippen molar-refractivity contribution in [2.75, 3.05) is 30.3 Å². The molecule has 1 aromatic rings. The third-order valence-electron chi connectivity index (χ3n) is 3.27. The number of aromatic nitrogens is 2. The highest BCUT2D eigenvalue weighted by molar-refractivity contribution is 7.80. The topological polar surface area (TPSA) is 186 Å². The van der Waals surface area contributed by atoms with Gasteiger partial charge in [-0.2, -0.15) is 8.42 Å².